The Balaban J connectivity index is 2.07. The van der Waals surface area contributed by atoms with Crippen molar-refractivity contribution >= 4 is 23.6 Å². The van der Waals surface area contributed by atoms with Crippen molar-refractivity contribution in [3.63, 3.8) is 0 Å². The number of allylic oxidation sites excluding steroid dienone is 4. The fourth-order valence-electron chi connectivity index (χ4n) is 4.10. The Morgan fingerprint density at radius 1 is 0.600 bits per heavy atom. The van der Waals surface area contributed by atoms with Crippen molar-refractivity contribution in [1.82, 2.24) is 0 Å². The highest BCUT2D eigenvalue weighted by Crippen LogP contribution is 2.31. The second-order valence-electron chi connectivity index (χ2n) is 6.70. The third-order valence-electron chi connectivity index (χ3n) is 5.20. The molecule has 25 heavy (non-hydrogen) atoms. The van der Waals surface area contributed by atoms with Crippen molar-refractivity contribution in [2.24, 2.45) is 0 Å². The van der Waals surface area contributed by atoms with Gasteiger partial charge < -0.3 is 0 Å². The molecule has 4 rings (SSSR count). The van der Waals surface area contributed by atoms with E-state index in [0.717, 1.165) is 0 Å². The van der Waals surface area contributed by atoms with E-state index in [1.807, 2.05) is 0 Å². The highest BCUT2D eigenvalue weighted by atomic mass is 28.3. The molecule has 0 heterocycles. The predicted molar refractivity (Wildman–Crippen MR) is 111 cm³/mol. The molecule has 0 radical (unpaired) electrons. The summed E-state index contributed by atoms with van der Waals surface area (Å²) in [4.78, 5) is 0. The fraction of sp³-hybridized carbons (Fsp3) is 0.0833. The molecule has 0 amide bonds. The Morgan fingerprint density at radius 3 is 1.32 bits per heavy atom. The molecule has 1 atom stereocenters. The summed E-state index contributed by atoms with van der Waals surface area (Å²) in [6.45, 7) is 2.20. The lowest BCUT2D eigenvalue weighted by molar-refractivity contribution is 1.33. The quantitative estimate of drug-likeness (QED) is 0.497. The molecular formula is C24H22Si. The minimum absolute atomic E-state index is 0.430. The van der Waals surface area contributed by atoms with Crippen LogP contribution in [0.1, 0.15) is 6.92 Å². The molecule has 1 aliphatic rings. The first-order valence-electron chi connectivity index (χ1n) is 8.85. The smallest absolute Gasteiger partial charge is 0.0791 e. The van der Waals surface area contributed by atoms with Crippen LogP contribution in [0, 0.1) is 0 Å². The van der Waals surface area contributed by atoms with Gasteiger partial charge in [0.25, 0.3) is 0 Å². The second kappa shape index (κ2) is 6.70. The van der Waals surface area contributed by atoms with Crippen molar-refractivity contribution in [3.05, 3.63) is 115 Å². The normalized spacial score (nSPS) is 16.7. The Morgan fingerprint density at radius 2 is 1.00 bits per heavy atom. The zero-order valence-corrected chi connectivity index (χ0v) is 15.5. The molecule has 0 fully saturated rings. The summed E-state index contributed by atoms with van der Waals surface area (Å²) in [5.41, 5.74) is 1.80. The zero-order chi connectivity index (χ0) is 17.1. The molecule has 0 N–H and O–H groups in total. The first-order chi connectivity index (χ1) is 12.3. The van der Waals surface area contributed by atoms with Crippen LogP contribution < -0.4 is 15.6 Å². The van der Waals surface area contributed by atoms with E-state index in [2.05, 4.69) is 116 Å². The predicted octanol–water partition coefficient (Wildman–Crippen LogP) is 4.04. The standard InChI is InChI=1S/C24H22Si/c1-20-17-18-24(19-20)25(21-11-5-2-6-12-21,22-13-7-3-8-14-22)23-15-9-4-10-16-23/h2-19,24H,1H3. The highest BCUT2D eigenvalue weighted by Gasteiger charge is 2.45. The highest BCUT2D eigenvalue weighted by molar-refractivity contribution is 7.13. The van der Waals surface area contributed by atoms with Gasteiger partial charge >= 0.3 is 0 Å². The van der Waals surface area contributed by atoms with Gasteiger partial charge in [-0.15, -0.1) is 0 Å². The van der Waals surface area contributed by atoms with Gasteiger partial charge in [-0.3, -0.25) is 0 Å². The van der Waals surface area contributed by atoms with E-state index in [4.69, 9.17) is 0 Å². The Hall–Kier alpha value is -2.64. The lowest BCUT2D eigenvalue weighted by atomic mass is 10.3. The van der Waals surface area contributed by atoms with Crippen molar-refractivity contribution < 1.29 is 0 Å². The summed E-state index contributed by atoms with van der Waals surface area (Å²) < 4.78 is 0. The number of benzene rings is 3. The molecule has 1 aliphatic carbocycles. The summed E-state index contributed by atoms with van der Waals surface area (Å²) in [5, 5.41) is 4.40. The maximum Gasteiger partial charge on any atom is 0.158 e. The summed E-state index contributed by atoms with van der Waals surface area (Å²) in [5.74, 6) is 0. The lowest BCUT2D eigenvalue weighted by Gasteiger charge is -2.37. The van der Waals surface area contributed by atoms with E-state index >= 15 is 0 Å². The van der Waals surface area contributed by atoms with Gasteiger partial charge in [-0.25, -0.2) is 0 Å². The van der Waals surface area contributed by atoms with Crippen molar-refractivity contribution in [2.75, 3.05) is 0 Å². The molecular weight excluding hydrogens is 316 g/mol. The van der Waals surface area contributed by atoms with Gasteiger partial charge in [0.2, 0.25) is 0 Å². The van der Waals surface area contributed by atoms with Gasteiger partial charge in [-0.2, -0.15) is 0 Å². The van der Waals surface area contributed by atoms with E-state index in [9.17, 15) is 0 Å². The molecule has 0 aliphatic heterocycles. The summed E-state index contributed by atoms with van der Waals surface area (Å²) in [6.07, 6.45) is 7.15. The molecule has 0 nitrogen and oxygen atoms in total. The van der Waals surface area contributed by atoms with Crippen molar-refractivity contribution in [2.45, 2.75) is 12.5 Å². The molecule has 3 aromatic rings. The van der Waals surface area contributed by atoms with Crippen LogP contribution in [0.4, 0.5) is 0 Å². The van der Waals surface area contributed by atoms with Gasteiger partial charge in [-0.1, -0.05) is 115 Å². The average molecular weight is 339 g/mol. The van der Waals surface area contributed by atoms with Crippen LogP contribution in [-0.4, -0.2) is 8.07 Å². The maximum absolute atomic E-state index is 2.46. The van der Waals surface area contributed by atoms with Crippen LogP contribution in [0.3, 0.4) is 0 Å². The Bertz CT molecular complexity index is 796. The van der Waals surface area contributed by atoms with Gasteiger partial charge in [0, 0.05) is 5.54 Å². The maximum atomic E-state index is 2.46. The van der Waals surface area contributed by atoms with Crippen LogP contribution in [-0.2, 0) is 0 Å². The minimum atomic E-state index is -2.20. The summed E-state index contributed by atoms with van der Waals surface area (Å²) in [6, 6.07) is 33.3. The third kappa shape index (κ3) is 2.71. The van der Waals surface area contributed by atoms with E-state index in [0.29, 0.717) is 5.54 Å². The Kier molecular flexibility index (Phi) is 4.25. The van der Waals surface area contributed by atoms with E-state index < -0.39 is 8.07 Å². The first-order valence-corrected chi connectivity index (χ1v) is 10.9. The largest absolute Gasteiger partial charge is 0.158 e. The molecule has 0 saturated heterocycles. The molecule has 122 valence electrons. The lowest BCUT2D eigenvalue weighted by Crippen LogP contribution is -2.69. The van der Waals surface area contributed by atoms with Gasteiger partial charge in [0.15, 0.2) is 8.07 Å². The average Bonchev–Trinajstić information content (AvgIpc) is 3.12. The molecule has 1 unspecified atom stereocenters. The first kappa shape index (κ1) is 15.9. The topological polar surface area (TPSA) is 0 Å². The van der Waals surface area contributed by atoms with Gasteiger partial charge in [0.05, 0.1) is 0 Å². The second-order valence-corrected chi connectivity index (χ2v) is 10.7. The number of hydrogen-bond acceptors (Lipinski definition) is 0. The fourth-order valence-corrected chi connectivity index (χ4v) is 9.31. The Labute approximate surface area is 151 Å². The minimum Gasteiger partial charge on any atom is -0.0791 e. The molecule has 0 spiro atoms. The van der Waals surface area contributed by atoms with Crippen LogP contribution in [0.2, 0.25) is 5.54 Å². The molecule has 0 bridgehead atoms. The van der Waals surface area contributed by atoms with Crippen LogP contribution in [0.5, 0.6) is 0 Å². The monoisotopic (exact) mass is 338 g/mol. The third-order valence-corrected chi connectivity index (χ3v) is 10.3. The van der Waals surface area contributed by atoms with Gasteiger partial charge in [-0.05, 0) is 22.5 Å². The van der Waals surface area contributed by atoms with Gasteiger partial charge in [0.1, 0.15) is 0 Å². The summed E-state index contributed by atoms with van der Waals surface area (Å²) in [7, 11) is -2.20. The molecule has 0 aromatic heterocycles. The number of hydrogen-bond donors (Lipinski definition) is 0. The van der Waals surface area contributed by atoms with Crippen LogP contribution >= 0.6 is 0 Å². The van der Waals surface area contributed by atoms with Crippen LogP contribution in [0.25, 0.3) is 0 Å². The van der Waals surface area contributed by atoms with E-state index in [1.165, 1.54) is 21.1 Å². The molecule has 1 heteroatoms. The zero-order valence-electron chi connectivity index (χ0n) is 14.5. The SMILES string of the molecule is CC1=CC([Si](c2ccccc2)(c2ccccc2)c2ccccc2)C=C1. The molecule has 0 saturated carbocycles. The van der Waals surface area contributed by atoms with Crippen molar-refractivity contribution in [3.8, 4) is 0 Å². The van der Waals surface area contributed by atoms with E-state index in [1.54, 1.807) is 0 Å². The van der Waals surface area contributed by atoms with E-state index in [-0.39, 0.29) is 0 Å². The summed E-state index contributed by atoms with van der Waals surface area (Å²) >= 11 is 0. The number of rotatable bonds is 4. The van der Waals surface area contributed by atoms with Crippen molar-refractivity contribution in [1.29, 1.82) is 0 Å². The van der Waals surface area contributed by atoms with Crippen LogP contribution in [0.15, 0.2) is 115 Å². The molecule has 3 aromatic carbocycles.